The molecule has 3 unspecified atom stereocenters. The summed E-state index contributed by atoms with van der Waals surface area (Å²) in [5, 5.41) is 9.16. The van der Waals surface area contributed by atoms with Crippen LogP contribution in [0.1, 0.15) is 32.6 Å². The quantitative estimate of drug-likeness (QED) is 0.638. The van der Waals surface area contributed by atoms with E-state index in [2.05, 4.69) is 12.2 Å². The van der Waals surface area contributed by atoms with Crippen LogP contribution in [0.3, 0.4) is 0 Å². The highest BCUT2D eigenvalue weighted by molar-refractivity contribution is 5.09. The van der Waals surface area contributed by atoms with Gasteiger partial charge in [-0.25, -0.2) is 0 Å². The number of hydrogen-bond acceptors (Lipinski definition) is 1. The third-order valence-corrected chi connectivity index (χ3v) is 3.37. The maximum atomic E-state index is 9.16. The fourth-order valence-corrected chi connectivity index (χ4v) is 2.68. The molecular weight excluding hydrogens is 148 g/mol. The highest BCUT2D eigenvalue weighted by Gasteiger charge is 2.34. The molecule has 0 spiro atoms. The molecule has 1 nitrogen and oxygen atoms in total. The summed E-state index contributed by atoms with van der Waals surface area (Å²) in [7, 11) is 0. The molecule has 0 saturated heterocycles. The summed E-state index contributed by atoms with van der Waals surface area (Å²) in [5.41, 5.74) is 0. The molecule has 68 valence electrons. The molecule has 0 amide bonds. The maximum absolute atomic E-state index is 9.16. The van der Waals surface area contributed by atoms with Crippen molar-refractivity contribution in [2.24, 2.45) is 17.8 Å². The molecule has 1 saturated carbocycles. The van der Waals surface area contributed by atoms with Crippen LogP contribution < -0.4 is 0 Å². The molecule has 2 aliphatic carbocycles. The normalized spacial score (nSPS) is 40.7. The van der Waals surface area contributed by atoms with Crippen molar-refractivity contribution >= 4 is 0 Å². The monoisotopic (exact) mass is 166 g/mol. The van der Waals surface area contributed by atoms with Gasteiger partial charge in [-0.1, -0.05) is 12.2 Å². The van der Waals surface area contributed by atoms with Gasteiger partial charge in [0.15, 0.2) is 0 Å². The van der Waals surface area contributed by atoms with Gasteiger partial charge in [0.25, 0.3) is 0 Å². The van der Waals surface area contributed by atoms with Crippen LogP contribution in [-0.2, 0) is 0 Å². The molecule has 12 heavy (non-hydrogen) atoms. The Morgan fingerprint density at radius 3 is 2.75 bits per heavy atom. The lowest BCUT2D eigenvalue weighted by atomic mass is 9.89. The zero-order valence-corrected chi connectivity index (χ0v) is 7.74. The average molecular weight is 166 g/mol. The van der Waals surface area contributed by atoms with E-state index in [1.54, 1.807) is 0 Å². The standard InChI is InChI=1S/C11H18O/c1-8(12)2-4-10-6-9-3-5-11(10)7-9/h3,5,8-12H,2,4,6-7H2,1H3/t8-,9?,10?,11?/m1/s1. The first-order valence-electron chi connectivity index (χ1n) is 5.12. The third kappa shape index (κ3) is 1.56. The van der Waals surface area contributed by atoms with E-state index in [0.717, 1.165) is 24.2 Å². The van der Waals surface area contributed by atoms with Gasteiger partial charge in [-0.05, 0) is 50.4 Å². The predicted molar refractivity (Wildman–Crippen MR) is 49.8 cm³/mol. The Morgan fingerprint density at radius 2 is 2.25 bits per heavy atom. The summed E-state index contributed by atoms with van der Waals surface area (Å²) < 4.78 is 0. The first-order chi connectivity index (χ1) is 5.75. The lowest BCUT2D eigenvalue weighted by Crippen LogP contribution is -2.10. The van der Waals surface area contributed by atoms with E-state index >= 15 is 0 Å². The van der Waals surface area contributed by atoms with Crippen molar-refractivity contribution in [2.75, 3.05) is 0 Å². The highest BCUT2D eigenvalue weighted by atomic mass is 16.3. The lowest BCUT2D eigenvalue weighted by Gasteiger charge is -2.18. The fourth-order valence-electron chi connectivity index (χ4n) is 2.68. The molecule has 0 aliphatic heterocycles. The van der Waals surface area contributed by atoms with Crippen molar-refractivity contribution in [1.82, 2.24) is 0 Å². The highest BCUT2D eigenvalue weighted by Crippen LogP contribution is 2.45. The summed E-state index contributed by atoms with van der Waals surface area (Å²) in [6.07, 6.45) is 9.65. The summed E-state index contributed by atoms with van der Waals surface area (Å²) in [6.45, 7) is 1.89. The molecule has 1 heteroatoms. The van der Waals surface area contributed by atoms with E-state index in [-0.39, 0.29) is 6.10 Å². The minimum absolute atomic E-state index is 0.104. The number of allylic oxidation sites excluding steroid dienone is 2. The average Bonchev–Trinajstić information content (AvgIpc) is 2.60. The van der Waals surface area contributed by atoms with Gasteiger partial charge in [-0.15, -0.1) is 0 Å². The molecule has 4 atom stereocenters. The Labute approximate surface area is 74.5 Å². The minimum atomic E-state index is -0.104. The smallest absolute Gasteiger partial charge is 0.0512 e. The number of fused-ring (bicyclic) bond motifs is 2. The fraction of sp³-hybridized carbons (Fsp3) is 0.818. The number of aliphatic hydroxyl groups is 1. The van der Waals surface area contributed by atoms with Gasteiger partial charge in [0, 0.05) is 0 Å². The first kappa shape index (κ1) is 8.31. The number of rotatable bonds is 3. The lowest BCUT2D eigenvalue weighted by molar-refractivity contribution is 0.170. The van der Waals surface area contributed by atoms with E-state index in [1.807, 2.05) is 6.92 Å². The van der Waals surface area contributed by atoms with E-state index in [1.165, 1.54) is 19.3 Å². The van der Waals surface area contributed by atoms with E-state index in [0.29, 0.717) is 0 Å². The predicted octanol–water partition coefficient (Wildman–Crippen LogP) is 2.36. The van der Waals surface area contributed by atoms with Crippen molar-refractivity contribution in [3.63, 3.8) is 0 Å². The molecular formula is C11H18O. The van der Waals surface area contributed by atoms with Gasteiger partial charge >= 0.3 is 0 Å². The topological polar surface area (TPSA) is 20.2 Å². The van der Waals surface area contributed by atoms with E-state index < -0.39 is 0 Å². The molecule has 1 N–H and O–H groups in total. The van der Waals surface area contributed by atoms with E-state index in [9.17, 15) is 0 Å². The Kier molecular flexibility index (Phi) is 2.22. The maximum Gasteiger partial charge on any atom is 0.0512 e. The zero-order valence-electron chi connectivity index (χ0n) is 7.74. The molecule has 2 bridgehead atoms. The van der Waals surface area contributed by atoms with Crippen LogP contribution in [0.5, 0.6) is 0 Å². The van der Waals surface area contributed by atoms with Crippen LogP contribution in [0.4, 0.5) is 0 Å². The van der Waals surface area contributed by atoms with Crippen molar-refractivity contribution in [1.29, 1.82) is 0 Å². The first-order valence-corrected chi connectivity index (χ1v) is 5.12. The van der Waals surface area contributed by atoms with Crippen LogP contribution >= 0.6 is 0 Å². The second-order valence-corrected chi connectivity index (χ2v) is 4.47. The number of hydrogen-bond donors (Lipinski definition) is 1. The van der Waals surface area contributed by atoms with Crippen LogP contribution in [0.25, 0.3) is 0 Å². The van der Waals surface area contributed by atoms with Crippen LogP contribution in [0.15, 0.2) is 12.2 Å². The summed E-state index contributed by atoms with van der Waals surface area (Å²) in [6, 6.07) is 0. The van der Waals surface area contributed by atoms with Crippen LogP contribution in [0.2, 0.25) is 0 Å². The summed E-state index contributed by atoms with van der Waals surface area (Å²) in [4.78, 5) is 0. The van der Waals surface area contributed by atoms with Gasteiger partial charge in [0.05, 0.1) is 6.10 Å². The van der Waals surface area contributed by atoms with E-state index in [4.69, 9.17) is 5.11 Å². The van der Waals surface area contributed by atoms with Crippen LogP contribution in [0, 0.1) is 17.8 Å². The summed E-state index contributed by atoms with van der Waals surface area (Å²) in [5.74, 6) is 2.62. The Morgan fingerprint density at radius 1 is 1.42 bits per heavy atom. The molecule has 0 heterocycles. The molecule has 2 aliphatic rings. The Hall–Kier alpha value is -0.300. The number of aliphatic hydroxyl groups excluding tert-OH is 1. The van der Waals surface area contributed by atoms with Crippen LogP contribution in [-0.4, -0.2) is 11.2 Å². The molecule has 0 aromatic rings. The Bertz CT molecular complexity index is 183. The minimum Gasteiger partial charge on any atom is -0.393 e. The van der Waals surface area contributed by atoms with Gasteiger partial charge in [0.1, 0.15) is 0 Å². The second-order valence-electron chi connectivity index (χ2n) is 4.47. The Balaban J connectivity index is 1.80. The van der Waals surface area contributed by atoms with Crippen molar-refractivity contribution < 1.29 is 5.11 Å². The largest absolute Gasteiger partial charge is 0.393 e. The SMILES string of the molecule is C[C@@H](O)CCC1CC2C=CC1C2. The molecule has 2 rings (SSSR count). The summed E-state index contributed by atoms with van der Waals surface area (Å²) >= 11 is 0. The van der Waals surface area contributed by atoms with Crippen molar-refractivity contribution in [2.45, 2.75) is 38.7 Å². The van der Waals surface area contributed by atoms with Gasteiger partial charge in [0.2, 0.25) is 0 Å². The molecule has 0 aromatic carbocycles. The van der Waals surface area contributed by atoms with Crippen molar-refractivity contribution in [3.05, 3.63) is 12.2 Å². The second kappa shape index (κ2) is 3.21. The van der Waals surface area contributed by atoms with Gasteiger partial charge in [-0.3, -0.25) is 0 Å². The molecule has 0 aromatic heterocycles. The van der Waals surface area contributed by atoms with Gasteiger partial charge < -0.3 is 5.11 Å². The molecule has 1 fully saturated rings. The van der Waals surface area contributed by atoms with Crippen molar-refractivity contribution in [3.8, 4) is 0 Å². The molecule has 0 radical (unpaired) electrons. The zero-order chi connectivity index (χ0) is 8.55. The third-order valence-electron chi connectivity index (χ3n) is 3.37. The van der Waals surface area contributed by atoms with Gasteiger partial charge in [-0.2, -0.15) is 0 Å².